The molecule has 1 aromatic carbocycles. The lowest BCUT2D eigenvalue weighted by Crippen LogP contribution is -2.45. The summed E-state index contributed by atoms with van der Waals surface area (Å²) in [5.74, 6) is -0.913. The van der Waals surface area contributed by atoms with E-state index in [1.165, 1.54) is 12.1 Å². The molecule has 1 fully saturated rings. The molecule has 4 N–H and O–H groups in total. The van der Waals surface area contributed by atoms with Crippen LogP contribution < -0.4 is 21.5 Å². The first-order valence-corrected chi connectivity index (χ1v) is 7.37. The largest absolute Gasteiger partial charge is 0.375 e. The van der Waals surface area contributed by atoms with E-state index >= 15 is 0 Å². The van der Waals surface area contributed by atoms with Crippen LogP contribution in [0, 0.1) is 18.6 Å². The number of benzene rings is 1. The van der Waals surface area contributed by atoms with Crippen molar-refractivity contribution in [3.8, 4) is 0 Å². The zero-order valence-corrected chi connectivity index (χ0v) is 13.9. The van der Waals surface area contributed by atoms with Gasteiger partial charge in [0.25, 0.3) is 0 Å². The number of thiocarbonyl (C=S) groups is 1. The molecule has 124 valence electrons. The van der Waals surface area contributed by atoms with Crippen molar-refractivity contribution < 1.29 is 8.78 Å². The van der Waals surface area contributed by atoms with Crippen LogP contribution in [0.1, 0.15) is 5.56 Å². The highest BCUT2D eigenvalue weighted by Crippen LogP contribution is 2.25. The van der Waals surface area contributed by atoms with E-state index in [1.54, 1.807) is 18.9 Å². The summed E-state index contributed by atoms with van der Waals surface area (Å²) < 4.78 is 27.4. The van der Waals surface area contributed by atoms with Crippen LogP contribution >= 0.6 is 12.2 Å². The van der Waals surface area contributed by atoms with Gasteiger partial charge in [-0.3, -0.25) is 5.43 Å². The van der Waals surface area contributed by atoms with Crippen molar-refractivity contribution in [3.63, 3.8) is 0 Å². The van der Waals surface area contributed by atoms with Gasteiger partial charge < -0.3 is 15.5 Å². The zero-order chi connectivity index (χ0) is 16.7. The number of nitrogens with two attached hydrogens (primary N) is 1. The fourth-order valence-corrected chi connectivity index (χ4v) is 2.25. The van der Waals surface area contributed by atoms with Gasteiger partial charge in [0.1, 0.15) is 17.3 Å². The molecule has 0 atom stereocenters. The Morgan fingerprint density at radius 2 is 1.68 bits per heavy atom. The molecule has 1 heterocycles. The summed E-state index contributed by atoms with van der Waals surface area (Å²) in [5, 5.41) is 0.262. The summed E-state index contributed by atoms with van der Waals surface area (Å²) in [6, 6.07) is 2.77. The maximum Gasteiger partial charge on any atom is 0.178 e. The smallest absolute Gasteiger partial charge is 0.178 e. The molecule has 1 aromatic rings. The fraction of sp³-hybridized carbons (Fsp3) is 0.500. The minimum atomic E-state index is -0.456. The maximum absolute atomic E-state index is 13.7. The zero-order valence-electron chi connectivity index (χ0n) is 13.1. The molecule has 0 saturated carbocycles. The number of nitrogens with zero attached hydrogens (tertiary/aromatic N) is 2. The van der Waals surface area contributed by atoms with E-state index in [2.05, 4.69) is 28.0 Å². The molecule has 0 aromatic heterocycles. The predicted octanol–water partition coefficient (Wildman–Crippen LogP) is 0.979. The lowest BCUT2D eigenvalue weighted by molar-refractivity contribution is 0.310. The highest BCUT2D eigenvalue weighted by molar-refractivity contribution is 7.80. The van der Waals surface area contributed by atoms with Crippen LogP contribution in [-0.2, 0) is 0 Å². The average Bonchev–Trinajstić information content (AvgIpc) is 2.40. The van der Waals surface area contributed by atoms with Gasteiger partial charge in [-0.1, -0.05) is 0 Å². The Morgan fingerprint density at radius 1 is 1.18 bits per heavy atom. The Hall–Kier alpha value is -1.51. The van der Waals surface area contributed by atoms with Crippen molar-refractivity contribution in [2.75, 3.05) is 45.2 Å². The molecular formula is C14H23F2N5S. The van der Waals surface area contributed by atoms with Gasteiger partial charge in [0.15, 0.2) is 5.11 Å². The van der Waals surface area contributed by atoms with Gasteiger partial charge >= 0.3 is 0 Å². The van der Waals surface area contributed by atoms with E-state index in [1.807, 2.05) is 7.05 Å². The average molecular weight is 331 g/mol. The van der Waals surface area contributed by atoms with Crippen molar-refractivity contribution in [2.24, 2.45) is 5.73 Å². The standard InChI is InChI=1S/C12H16F2N2.C2H7N3S/c1-9-7-10(13)12(11(14)8-9)16-5-3-15(2)4-6-16;1-4-5-2(3)6/h7-8H,3-6H2,1-2H3;4H,1H3,(H3,3,5,6). The summed E-state index contributed by atoms with van der Waals surface area (Å²) in [6.07, 6.45) is 0. The molecule has 0 spiro atoms. The summed E-state index contributed by atoms with van der Waals surface area (Å²) in [6.45, 7) is 4.72. The topological polar surface area (TPSA) is 56.6 Å². The van der Waals surface area contributed by atoms with Gasteiger partial charge in [0, 0.05) is 33.2 Å². The molecule has 2 rings (SSSR count). The number of hydrazine groups is 1. The maximum atomic E-state index is 13.7. The number of hydrogen-bond donors (Lipinski definition) is 3. The molecule has 22 heavy (non-hydrogen) atoms. The van der Waals surface area contributed by atoms with Crippen LogP contribution in [0.2, 0.25) is 0 Å². The second-order valence-corrected chi connectivity index (χ2v) is 5.55. The Bertz CT molecular complexity index is 481. The van der Waals surface area contributed by atoms with Gasteiger partial charge in [-0.15, -0.1) is 0 Å². The normalized spacial score (nSPS) is 15.0. The second kappa shape index (κ2) is 8.82. The lowest BCUT2D eigenvalue weighted by Gasteiger charge is -2.34. The third-order valence-electron chi connectivity index (χ3n) is 3.23. The monoisotopic (exact) mass is 331 g/mol. The molecular weight excluding hydrogens is 308 g/mol. The molecule has 1 aliphatic heterocycles. The molecule has 0 radical (unpaired) electrons. The molecule has 0 amide bonds. The number of anilines is 1. The van der Waals surface area contributed by atoms with Crippen LogP contribution in [0.4, 0.5) is 14.5 Å². The number of likely N-dealkylation sites (N-methyl/N-ethyl adjacent to an activating group) is 1. The Morgan fingerprint density at radius 3 is 2.05 bits per heavy atom. The number of hydrogen-bond acceptors (Lipinski definition) is 4. The van der Waals surface area contributed by atoms with Gasteiger partial charge in [-0.05, 0) is 43.9 Å². The number of piperazine rings is 1. The minimum absolute atomic E-state index is 0.124. The number of aryl methyl sites for hydroxylation is 1. The molecule has 1 saturated heterocycles. The van der Waals surface area contributed by atoms with Crippen molar-refractivity contribution in [3.05, 3.63) is 29.3 Å². The summed E-state index contributed by atoms with van der Waals surface area (Å²) in [5.41, 5.74) is 10.7. The molecule has 0 unspecified atom stereocenters. The van der Waals surface area contributed by atoms with Gasteiger partial charge in [-0.25, -0.2) is 14.2 Å². The van der Waals surface area contributed by atoms with Crippen LogP contribution in [0.3, 0.4) is 0 Å². The van der Waals surface area contributed by atoms with E-state index in [4.69, 9.17) is 5.73 Å². The van der Waals surface area contributed by atoms with Gasteiger partial charge in [0.2, 0.25) is 0 Å². The van der Waals surface area contributed by atoms with E-state index < -0.39 is 11.6 Å². The van der Waals surface area contributed by atoms with Crippen LogP contribution in [0.5, 0.6) is 0 Å². The highest BCUT2D eigenvalue weighted by atomic mass is 32.1. The third kappa shape index (κ3) is 5.70. The van der Waals surface area contributed by atoms with E-state index in [9.17, 15) is 8.78 Å². The number of nitrogens with one attached hydrogen (secondary N) is 2. The molecule has 0 bridgehead atoms. The van der Waals surface area contributed by atoms with Gasteiger partial charge in [0.05, 0.1) is 0 Å². The molecule has 8 heteroatoms. The van der Waals surface area contributed by atoms with Crippen molar-refractivity contribution in [2.45, 2.75) is 6.92 Å². The first-order valence-electron chi connectivity index (χ1n) is 6.96. The molecule has 1 aliphatic rings. The summed E-state index contributed by atoms with van der Waals surface area (Å²) >= 11 is 4.40. The van der Waals surface area contributed by atoms with Gasteiger partial charge in [-0.2, -0.15) is 0 Å². The SMILES string of the molecule is CNNC(N)=S.Cc1cc(F)c(N2CCN(C)CC2)c(F)c1. The predicted molar refractivity (Wildman–Crippen MR) is 89.8 cm³/mol. The summed E-state index contributed by atoms with van der Waals surface area (Å²) in [7, 11) is 3.71. The molecule has 5 nitrogen and oxygen atoms in total. The third-order valence-corrected chi connectivity index (χ3v) is 3.33. The first-order chi connectivity index (χ1) is 10.3. The highest BCUT2D eigenvalue weighted by Gasteiger charge is 2.20. The quantitative estimate of drug-likeness (QED) is 0.555. The Labute approximate surface area is 135 Å². The Kier molecular flexibility index (Phi) is 7.43. The van der Waals surface area contributed by atoms with E-state index in [0.717, 1.165) is 13.1 Å². The number of halogens is 2. The van der Waals surface area contributed by atoms with E-state index in [0.29, 0.717) is 18.7 Å². The van der Waals surface area contributed by atoms with Crippen LogP contribution in [-0.4, -0.2) is 50.3 Å². The lowest BCUT2D eigenvalue weighted by atomic mass is 10.1. The van der Waals surface area contributed by atoms with Crippen molar-refractivity contribution in [1.29, 1.82) is 0 Å². The van der Waals surface area contributed by atoms with E-state index in [-0.39, 0.29) is 10.8 Å². The van der Waals surface area contributed by atoms with Crippen molar-refractivity contribution in [1.82, 2.24) is 15.8 Å². The van der Waals surface area contributed by atoms with Crippen molar-refractivity contribution >= 4 is 23.0 Å². The second-order valence-electron chi connectivity index (χ2n) is 5.11. The molecule has 0 aliphatic carbocycles. The summed E-state index contributed by atoms with van der Waals surface area (Å²) in [4.78, 5) is 3.94. The Balaban J connectivity index is 0.000000346. The minimum Gasteiger partial charge on any atom is -0.375 e. The van der Waals surface area contributed by atoms with Crippen LogP contribution in [0.25, 0.3) is 0 Å². The first kappa shape index (κ1) is 18.5. The van der Waals surface area contributed by atoms with Crippen LogP contribution in [0.15, 0.2) is 12.1 Å². The fourth-order valence-electron chi connectivity index (χ4n) is 2.15. The number of rotatable bonds is 2.